The van der Waals surface area contributed by atoms with Gasteiger partial charge in [-0.25, -0.2) is 4.98 Å². The van der Waals surface area contributed by atoms with E-state index in [0.29, 0.717) is 29.8 Å². The summed E-state index contributed by atoms with van der Waals surface area (Å²) in [6.07, 6.45) is 0.840. The molecule has 0 saturated heterocycles. The normalized spacial score (nSPS) is 10.3. The summed E-state index contributed by atoms with van der Waals surface area (Å²) in [6, 6.07) is 15.6. The number of methoxy groups -OCH3 is 3. The number of anilines is 3. The van der Waals surface area contributed by atoms with Crippen LogP contribution in [0.25, 0.3) is 0 Å². The Bertz CT molecular complexity index is 963. The van der Waals surface area contributed by atoms with Crippen LogP contribution in [0, 0.1) is 6.92 Å². The van der Waals surface area contributed by atoms with E-state index in [2.05, 4.69) is 26.7 Å². The predicted octanol–water partition coefficient (Wildman–Crippen LogP) is 4.21. The first-order valence-electron chi connectivity index (χ1n) is 9.33. The zero-order valence-corrected chi connectivity index (χ0v) is 17.2. The van der Waals surface area contributed by atoms with Gasteiger partial charge in [0.25, 0.3) is 0 Å². The van der Waals surface area contributed by atoms with Crippen molar-refractivity contribution in [2.75, 3.05) is 38.5 Å². The van der Waals surface area contributed by atoms with Crippen molar-refractivity contribution in [1.82, 2.24) is 9.97 Å². The van der Waals surface area contributed by atoms with Crippen molar-refractivity contribution in [3.8, 4) is 17.2 Å². The van der Waals surface area contributed by atoms with Gasteiger partial charge in [-0.3, -0.25) is 0 Å². The molecule has 2 N–H and O–H groups in total. The van der Waals surface area contributed by atoms with E-state index >= 15 is 0 Å². The maximum atomic E-state index is 5.35. The lowest BCUT2D eigenvalue weighted by molar-refractivity contribution is 0.355. The Morgan fingerprint density at radius 1 is 0.862 bits per heavy atom. The molecule has 7 heteroatoms. The van der Waals surface area contributed by atoms with E-state index in [1.165, 1.54) is 5.56 Å². The molecule has 0 amide bonds. The number of ether oxygens (including phenoxy) is 3. The molecule has 1 aromatic heterocycles. The molecule has 7 nitrogen and oxygen atoms in total. The van der Waals surface area contributed by atoms with Gasteiger partial charge in [-0.05, 0) is 43.2 Å². The van der Waals surface area contributed by atoms with E-state index in [-0.39, 0.29) is 0 Å². The van der Waals surface area contributed by atoms with Gasteiger partial charge in [-0.1, -0.05) is 12.1 Å². The SMILES string of the molecule is COc1cccc(CCNc2nc(C)cc(Nc3ccc(OC)c(OC)c3)n2)c1. The minimum atomic E-state index is 0.580. The van der Waals surface area contributed by atoms with Crippen molar-refractivity contribution in [2.24, 2.45) is 0 Å². The molecule has 3 aromatic rings. The second-order valence-corrected chi connectivity index (χ2v) is 6.44. The van der Waals surface area contributed by atoms with Crippen molar-refractivity contribution < 1.29 is 14.2 Å². The standard InChI is InChI=1S/C22H26N4O3/c1-15-12-21(25-17-8-9-19(28-3)20(14-17)29-4)26-22(24-15)23-11-10-16-6-5-7-18(13-16)27-2/h5-9,12-14H,10-11H2,1-4H3,(H2,23,24,25,26). The largest absolute Gasteiger partial charge is 0.497 e. The highest BCUT2D eigenvalue weighted by atomic mass is 16.5. The Kier molecular flexibility index (Phi) is 6.73. The molecule has 3 rings (SSSR count). The van der Waals surface area contributed by atoms with Gasteiger partial charge in [0.15, 0.2) is 11.5 Å². The summed E-state index contributed by atoms with van der Waals surface area (Å²) in [7, 11) is 4.90. The van der Waals surface area contributed by atoms with Gasteiger partial charge in [-0.2, -0.15) is 4.98 Å². The Labute approximate surface area is 171 Å². The van der Waals surface area contributed by atoms with Gasteiger partial charge in [0.1, 0.15) is 11.6 Å². The van der Waals surface area contributed by atoms with Crippen LogP contribution in [0.1, 0.15) is 11.3 Å². The van der Waals surface area contributed by atoms with Crippen LogP contribution in [-0.4, -0.2) is 37.8 Å². The fraction of sp³-hybridized carbons (Fsp3) is 0.273. The van der Waals surface area contributed by atoms with Gasteiger partial charge in [0, 0.05) is 30.1 Å². The second kappa shape index (κ2) is 9.64. The highest BCUT2D eigenvalue weighted by Gasteiger charge is 2.07. The van der Waals surface area contributed by atoms with Crippen LogP contribution >= 0.6 is 0 Å². The molecular formula is C22H26N4O3. The molecule has 0 bridgehead atoms. The smallest absolute Gasteiger partial charge is 0.224 e. The summed E-state index contributed by atoms with van der Waals surface area (Å²) in [5.74, 6) is 3.47. The van der Waals surface area contributed by atoms with Crippen LogP contribution in [0.2, 0.25) is 0 Å². The maximum absolute atomic E-state index is 5.35. The topological polar surface area (TPSA) is 77.5 Å². The Hall–Kier alpha value is -3.48. The van der Waals surface area contributed by atoms with Crippen molar-refractivity contribution in [1.29, 1.82) is 0 Å². The van der Waals surface area contributed by atoms with Crippen molar-refractivity contribution in [3.05, 3.63) is 59.8 Å². The maximum Gasteiger partial charge on any atom is 0.224 e. The summed E-state index contributed by atoms with van der Waals surface area (Å²) in [5, 5.41) is 6.58. The number of nitrogens with one attached hydrogen (secondary N) is 2. The third kappa shape index (κ3) is 5.51. The molecular weight excluding hydrogens is 368 g/mol. The molecule has 0 radical (unpaired) electrons. The van der Waals surface area contributed by atoms with Crippen LogP contribution in [0.3, 0.4) is 0 Å². The molecule has 0 saturated carbocycles. The number of aromatic nitrogens is 2. The lowest BCUT2D eigenvalue weighted by atomic mass is 10.1. The molecule has 0 aliphatic heterocycles. The summed E-state index contributed by atoms with van der Waals surface area (Å²) in [4.78, 5) is 9.03. The summed E-state index contributed by atoms with van der Waals surface area (Å²) >= 11 is 0. The third-order valence-electron chi connectivity index (χ3n) is 4.34. The molecule has 0 spiro atoms. The summed E-state index contributed by atoms with van der Waals surface area (Å²) in [6.45, 7) is 2.65. The molecule has 29 heavy (non-hydrogen) atoms. The van der Waals surface area contributed by atoms with Crippen LogP contribution in [-0.2, 0) is 6.42 Å². The van der Waals surface area contributed by atoms with Gasteiger partial charge in [0.2, 0.25) is 5.95 Å². The quantitative estimate of drug-likeness (QED) is 0.563. The summed E-state index contributed by atoms with van der Waals surface area (Å²) in [5.41, 5.74) is 2.91. The first-order valence-corrected chi connectivity index (χ1v) is 9.33. The van der Waals surface area contributed by atoms with Crippen molar-refractivity contribution in [2.45, 2.75) is 13.3 Å². The summed E-state index contributed by atoms with van der Waals surface area (Å²) < 4.78 is 15.9. The first kappa shape index (κ1) is 20.3. The number of benzene rings is 2. The fourth-order valence-electron chi connectivity index (χ4n) is 2.92. The molecule has 152 valence electrons. The fourth-order valence-corrected chi connectivity index (χ4v) is 2.92. The second-order valence-electron chi connectivity index (χ2n) is 6.44. The zero-order valence-electron chi connectivity index (χ0n) is 17.2. The lowest BCUT2D eigenvalue weighted by Gasteiger charge is -2.12. The van der Waals surface area contributed by atoms with E-state index in [1.54, 1.807) is 21.3 Å². The Morgan fingerprint density at radius 3 is 2.45 bits per heavy atom. The first-order chi connectivity index (χ1) is 14.1. The van der Waals surface area contributed by atoms with Gasteiger partial charge in [-0.15, -0.1) is 0 Å². The van der Waals surface area contributed by atoms with E-state index < -0.39 is 0 Å². The average Bonchev–Trinajstić information content (AvgIpc) is 2.73. The molecule has 0 aliphatic carbocycles. The number of hydrogen-bond donors (Lipinski definition) is 2. The van der Waals surface area contributed by atoms with Crippen molar-refractivity contribution in [3.63, 3.8) is 0 Å². The van der Waals surface area contributed by atoms with E-state index in [9.17, 15) is 0 Å². The number of nitrogens with zero attached hydrogens (tertiary/aromatic N) is 2. The molecule has 0 fully saturated rings. The molecule has 1 heterocycles. The van der Waals surface area contributed by atoms with Crippen molar-refractivity contribution >= 4 is 17.5 Å². The van der Waals surface area contributed by atoms with Crippen LogP contribution in [0.15, 0.2) is 48.5 Å². The van der Waals surface area contributed by atoms with Crippen LogP contribution < -0.4 is 24.8 Å². The number of aryl methyl sites for hydroxylation is 1. The molecule has 0 aliphatic rings. The van der Waals surface area contributed by atoms with Gasteiger partial charge >= 0.3 is 0 Å². The van der Waals surface area contributed by atoms with Crippen LogP contribution in [0.4, 0.5) is 17.5 Å². The lowest BCUT2D eigenvalue weighted by Crippen LogP contribution is -2.09. The average molecular weight is 394 g/mol. The Balaban J connectivity index is 1.66. The Morgan fingerprint density at radius 2 is 1.69 bits per heavy atom. The molecule has 0 unspecified atom stereocenters. The highest BCUT2D eigenvalue weighted by Crippen LogP contribution is 2.31. The van der Waals surface area contributed by atoms with Gasteiger partial charge in [0.05, 0.1) is 21.3 Å². The number of rotatable bonds is 9. The predicted molar refractivity (Wildman–Crippen MR) is 115 cm³/mol. The highest BCUT2D eigenvalue weighted by molar-refractivity contribution is 5.62. The van der Waals surface area contributed by atoms with E-state index in [0.717, 1.165) is 23.6 Å². The minimum Gasteiger partial charge on any atom is -0.497 e. The third-order valence-corrected chi connectivity index (χ3v) is 4.34. The molecule has 2 aromatic carbocycles. The van der Waals surface area contributed by atoms with Gasteiger partial charge < -0.3 is 24.8 Å². The monoisotopic (exact) mass is 394 g/mol. The minimum absolute atomic E-state index is 0.580. The van der Waals surface area contributed by atoms with Crippen LogP contribution in [0.5, 0.6) is 17.2 Å². The zero-order chi connectivity index (χ0) is 20.6. The number of hydrogen-bond acceptors (Lipinski definition) is 7. The molecule has 0 atom stereocenters. The van der Waals surface area contributed by atoms with E-state index in [1.807, 2.05) is 49.4 Å². The van der Waals surface area contributed by atoms with E-state index in [4.69, 9.17) is 14.2 Å².